The second-order valence-corrected chi connectivity index (χ2v) is 15.8. The molecule has 6 heteroatoms. The highest BCUT2D eigenvalue weighted by atomic mass is 16.5. The third kappa shape index (κ3) is 7.68. The van der Waals surface area contributed by atoms with Crippen molar-refractivity contribution in [2.24, 2.45) is 11.8 Å². The Labute approximate surface area is 330 Å². The maximum Gasteiger partial charge on any atom is 0.268 e. The number of rotatable bonds is 10. The van der Waals surface area contributed by atoms with Crippen LogP contribution in [0.1, 0.15) is 70.6 Å². The van der Waals surface area contributed by atoms with Gasteiger partial charge >= 0.3 is 0 Å². The third-order valence-electron chi connectivity index (χ3n) is 9.58. The van der Waals surface area contributed by atoms with Crippen molar-refractivity contribution in [3.05, 3.63) is 157 Å². The lowest BCUT2D eigenvalue weighted by atomic mass is 9.88. The molecule has 6 nitrogen and oxygen atoms in total. The number of pyridine rings is 2. The highest BCUT2D eigenvalue weighted by molar-refractivity contribution is 6.10. The van der Waals surface area contributed by atoms with Gasteiger partial charge in [-0.25, -0.2) is 4.98 Å². The van der Waals surface area contributed by atoms with Crippen LogP contribution >= 0.6 is 0 Å². The minimum atomic E-state index is -1.66. The summed E-state index contributed by atoms with van der Waals surface area (Å²) in [5, 5.41) is 2.20. The zero-order valence-corrected chi connectivity index (χ0v) is 32.5. The molecule has 0 bridgehead atoms. The molecule has 8 aromatic rings. The lowest BCUT2D eigenvalue weighted by Gasteiger charge is -2.20. The molecule has 0 N–H and O–H groups in total. The second-order valence-electron chi connectivity index (χ2n) is 15.8. The Morgan fingerprint density at radius 2 is 1.51 bits per heavy atom. The standard InChI is InChI=1S/C49H49N5O/c1-33(2)21-35-23-36(22-34(3)4)25-40(24-35)52-19-20-53(32-52)41-28-43(31-50-30-41)55-42-14-15-44-45-26-38(37-11-9-8-10-12-37)13-16-46(45)54(47(44)29-42)48-27-39(17-18-51-48)49(5,6)7/h8-20,23-31,33-34H,21-22H2,1-7H3/i21D2,22D2. The van der Waals surface area contributed by atoms with Crippen LogP contribution in [0.2, 0.25) is 0 Å². The van der Waals surface area contributed by atoms with Crippen molar-refractivity contribution in [2.45, 2.75) is 66.6 Å². The number of ether oxygens (including phenoxy) is 1. The summed E-state index contributed by atoms with van der Waals surface area (Å²) >= 11 is 0. The SMILES string of the molecule is [2H]C([2H])(c1cc(-[n+]2[c-]n(-c3cncc(Oc4ccc5c6cc(-c7ccccc7)ccc6n(-c6cc(C(C)(C)C)ccn6)c5c4)c3)cc2)cc(C([2H])([2H])C(C)C)c1)C(C)C. The Hall–Kier alpha value is -6.01. The van der Waals surface area contributed by atoms with Crippen LogP contribution in [0, 0.1) is 18.2 Å². The minimum Gasteiger partial charge on any atom is -0.456 e. The molecule has 4 aromatic heterocycles. The van der Waals surface area contributed by atoms with E-state index in [4.69, 9.17) is 15.2 Å². The monoisotopic (exact) mass is 727 g/mol. The first kappa shape index (κ1) is 31.4. The predicted octanol–water partition coefficient (Wildman–Crippen LogP) is 11.6. The van der Waals surface area contributed by atoms with E-state index in [2.05, 4.69) is 103 Å². The van der Waals surface area contributed by atoms with Gasteiger partial charge in [-0.1, -0.05) is 102 Å². The van der Waals surface area contributed by atoms with Crippen LogP contribution in [-0.2, 0) is 18.2 Å². The minimum absolute atomic E-state index is 0.0558. The van der Waals surface area contributed by atoms with E-state index in [1.165, 1.54) is 5.56 Å². The third-order valence-corrected chi connectivity index (χ3v) is 9.58. The lowest BCUT2D eigenvalue weighted by Crippen LogP contribution is -2.28. The van der Waals surface area contributed by atoms with Gasteiger partial charge in [0.05, 0.1) is 28.6 Å². The molecule has 276 valence electrons. The zero-order valence-electron chi connectivity index (χ0n) is 36.5. The molecule has 4 heterocycles. The Kier molecular flexibility index (Phi) is 8.36. The average molecular weight is 728 g/mol. The van der Waals surface area contributed by atoms with Gasteiger partial charge in [0.15, 0.2) is 0 Å². The zero-order chi connectivity index (χ0) is 41.9. The smallest absolute Gasteiger partial charge is 0.268 e. The summed E-state index contributed by atoms with van der Waals surface area (Å²) in [7, 11) is 0. The molecule has 0 aliphatic carbocycles. The number of nitrogens with zero attached hydrogens (tertiary/aromatic N) is 5. The Morgan fingerprint density at radius 3 is 2.24 bits per heavy atom. The number of benzene rings is 4. The Balaban J connectivity index is 1.16. The van der Waals surface area contributed by atoms with Gasteiger partial charge in [-0.3, -0.25) is 18.7 Å². The molecule has 0 amide bonds. The van der Waals surface area contributed by atoms with Gasteiger partial charge in [-0.05, 0) is 101 Å². The van der Waals surface area contributed by atoms with Crippen LogP contribution in [-0.4, -0.2) is 19.1 Å². The predicted molar refractivity (Wildman–Crippen MR) is 224 cm³/mol. The van der Waals surface area contributed by atoms with Crippen molar-refractivity contribution >= 4 is 21.8 Å². The van der Waals surface area contributed by atoms with Crippen LogP contribution in [0.4, 0.5) is 0 Å². The van der Waals surface area contributed by atoms with Crippen LogP contribution in [0.25, 0.3) is 50.1 Å². The van der Waals surface area contributed by atoms with Gasteiger partial charge in [-0.2, -0.15) is 0 Å². The van der Waals surface area contributed by atoms with Crippen molar-refractivity contribution in [1.29, 1.82) is 0 Å². The molecule has 0 fully saturated rings. The second kappa shape index (κ2) is 14.7. The number of imidazole rings is 1. The molecule has 0 aliphatic rings. The van der Waals surface area contributed by atoms with Crippen molar-refractivity contribution in [3.8, 4) is 39.8 Å². The van der Waals surface area contributed by atoms with Crippen LogP contribution < -0.4 is 9.30 Å². The summed E-state index contributed by atoms with van der Waals surface area (Å²) in [5.74, 6) is 1.40. The number of aromatic nitrogens is 5. The number of hydrogen-bond acceptors (Lipinski definition) is 3. The molecule has 0 radical (unpaired) electrons. The van der Waals surface area contributed by atoms with E-state index in [9.17, 15) is 0 Å². The molecule has 0 spiro atoms. The summed E-state index contributed by atoms with van der Waals surface area (Å²) < 4.78 is 47.6. The first-order valence-electron chi connectivity index (χ1n) is 20.9. The van der Waals surface area contributed by atoms with Crippen LogP contribution in [0.3, 0.4) is 0 Å². The van der Waals surface area contributed by atoms with Gasteiger partial charge < -0.3 is 4.74 Å². The first-order chi connectivity index (χ1) is 28.0. The average Bonchev–Trinajstić information content (AvgIpc) is 3.84. The van der Waals surface area contributed by atoms with E-state index in [-0.39, 0.29) is 17.3 Å². The van der Waals surface area contributed by atoms with Gasteiger partial charge in [0.2, 0.25) is 0 Å². The molecule has 0 aliphatic heterocycles. The molecule has 55 heavy (non-hydrogen) atoms. The van der Waals surface area contributed by atoms with E-state index >= 15 is 0 Å². The van der Waals surface area contributed by atoms with Crippen molar-refractivity contribution in [3.63, 3.8) is 0 Å². The molecule has 0 saturated carbocycles. The molecular weight excluding hydrogens is 675 g/mol. The lowest BCUT2D eigenvalue weighted by molar-refractivity contribution is -0.599. The van der Waals surface area contributed by atoms with Gasteiger partial charge in [0.25, 0.3) is 6.33 Å². The summed E-state index contributed by atoms with van der Waals surface area (Å²) in [4.78, 5) is 9.39. The van der Waals surface area contributed by atoms with E-state index in [0.717, 1.165) is 38.8 Å². The first-order valence-corrected chi connectivity index (χ1v) is 18.9. The molecular formula is C49H49N5O. The van der Waals surface area contributed by atoms with Gasteiger partial charge in [-0.15, -0.1) is 0 Å². The van der Waals surface area contributed by atoms with Crippen LogP contribution in [0.15, 0.2) is 134 Å². The number of fused-ring (bicyclic) bond motifs is 3. The topological polar surface area (TPSA) is 48.8 Å². The quantitative estimate of drug-likeness (QED) is 0.104. The fourth-order valence-electron chi connectivity index (χ4n) is 7.05. The fraction of sp³-hybridized carbons (Fsp3) is 0.245. The molecule has 0 unspecified atom stereocenters. The van der Waals surface area contributed by atoms with E-state index in [0.29, 0.717) is 34.0 Å². The summed E-state index contributed by atoms with van der Waals surface area (Å²) in [5.41, 5.74) is 7.64. The highest BCUT2D eigenvalue weighted by Gasteiger charge is 2.19. The Bertz CT molecular complexity index is 2780. The van der Waals surface area contributed by atoms with Crippen molar-refractivity contribution in [2.75, 3.05) is 0 Å². The fourth-order valence-corrected chi connectivity index (χ4v) is 7.05. The largest absolute Gasteiger partial charge is 0.456 e. The number of hydrogen-bond donors (Lipinski definition) is 0. The maximum atomic E-state index is 8.84. The molecule has 0 saturated heterocycles. The van der Waals surface area contributed by atoms with Gasteiger partial charge in [0.1, 0.15) is 17.3 Å². The molecule has 4 aromatic carbocycles. The maximum absolute atomic E-state index is 8.84. The summed E-state index contributed by atoms with van der Waals surface area (Å²) in [6, 6.07) is 34.5. The van der Waals surface area contributed by atoms with Crippen LogP contribution in [0.5, 0.6) is 11.5 Å². The van der Waals surface area contributed by atoms with Gasteiger partial charge in [0, 0.05) is 47.1 Å². The van der Waals surface area contributed by atoms with Crippen molar-refractivity contribution < 1.29 is 14.8 Å². The summed E-state index contributed by atoms with van der Waals surface area (Å²) in [6.07, 6.45) is 8.96. The van der Waals surface area contributed by atoms with E-state index in [1.807, 2.05) is 64.5 Å². The van der Waals surface area contributed by atoms with Crippen molar-refractivity contribution in [1.82, 2.24) is 19.1 Å². The summed E-state index contributed by atoms with van der Waals surface area (Å²) in [6.45, 7) is 14.0. The highest BCUT2D eigenvalue weighted by Crippen LogP contribution is 2.38. The molecule has 8 rings (SSSR count). The Morgan fingerprint density at radius 1 is 0.745 bits per heavy atom. The van der Waals surface area contributed by atoms with E-state index < -0.39 is 12.7 Å². The van der Waals surface area contributed by atoms with E-state index in [1.54, 1.807) is 39.7 Å². The normalized spacial score (nSPS) is 13.6. The molecule has 0 atom stereocenters.